The highest BCUT2D eigenvalue weighted by Gasteiger charge is 2.21. The Kier molecular flexibility index (Phi) is 4.47. The lowest BCUT2D eigenvalue weighted by molar-refractivity contribution is 0.115. The van der Waals surface area contributed by atoms with E-state index in [-0.39, 0.29) is 0 Å². The topological polar surface area (TPSA) is 50.3 Å². The van der Waals surface area contributed by atoms with Crippen LogP contribution in [0.15, 0.2) is 12.1 Å². The maximum absolute atomic E-state index is 5.70. The first kappa shape index (κ1) is 13.8. The maximum Gasteiger partial charge on any atom is 0.151 e. The monoisotopic (exact) mass is 276 g/mol. The van der Waals surface area contributed by atoms with E-state index in [1.165, 1.54) is 19.3 Å². The lowest BCUT2D eigenvalue weighted by atomic mass is 10.2. The molecule has 1 aromatic heterocycles. The molecule has 2 aliphatic rings. The van der Waals surface area contributed by atoms with E-state index in [9.17, 15) is 0 Å². The van der Waals surface area contributed by atoms with Crippen molar-refractivity contribution in [2.75, 3.05) is 24.6 Å². The standard InChI is InChI=1S/C15H24N4O/c1-2-19(11-14-4-3-9-20-14)15-8-7-13(17-18-15)10-16-12-5-6-12/h7-8,12,14,16H,2-6,9-11H2,1H3. The second-order valence-corrected chi connectivity index (χ2v) is 5.71. The Balaban J connectivity index is 1.55. The number of aromatic nitrogens is 2. The number of hydrogen-bond donors (Lipinski definition) is 1. The molecule has 2 fully saturated rings. The Morgan fingerprint density at radius 2 is 2.20 bits per heavy atom. The van der Waals surface area contributed by atoms with Crippen LogP contribution in [0, 0.1) is 0 Å². The van der Waals surface area contributed by atoms with E-state index in [2.05, 4.69) is 39.5 Å². The van der Waals surface area contributed by atoms with Gasteiger partial charge in [-0.15, -0.1) is 5.10 Å². The Bertz CT molecular complexity index is 412. The smallest absolute Gasteiger partial charge is 0.151 e. The predicted octanol–water partition coefficient (Wildman–Crippen LogP) is 1.73. The summed E-state index contributed by atoms with van der Waals surface area (Å²) in [6.07, 6.45) is 5.30. The van der Waals surface area contributed by atoms with Crippen molar-refractivity contribution < 1.29 is 4.74 Å². The van der Waals surface area contributed by atoms with Gasteiger partial charge in [0.2, 0.25) is 0 Å². The molecule has 110 valence electrons. The molecule has 0 spiro atoms. The molecule has 1 atom stereocenters. The van der Waals surface area contributed by atoms with Crippen molar-refractivity contribution in [3.8, 4) is 0 Å². The molecule has 1 unspecified atom stereocenters. The summed E-state index contributed by atoms with van der Waals surface area (Å²) < 4.78 is 5.70. The van der Waals surface area contributed by atoms with Gasteiger partial charge >= 0.3 is 0 Å². The first-order chi connectivity index (χ1) is 9.85. The van der Waals surface area contributed by atoms with Crippen LogP contribution in [0.25, 0.3) is 0 Å². The molecule has 2 heterocycles. The lowest BCUT2D eigenvalue weighted by Gasteiger charge is -2.24. The average Bonchev–Trinajstić information content (AvgIpc) is 3.18. The van der Waals surface area contributed by atoms with Gasteiger partial charge in [-0.25, -0.2) is 0 Å². The van der Waals surface area contributed by atoms with Crippen molar-refractivity contribution in [3.63, 3.8) is 0 Å². The van der Waals surface area contributed by atoms with Crippen molar-refractivity contribution in [1.82, 2.24) is 15.5 Å². The van der Waals surface area contributed by atoms with Gasteiger partial charge in [-0.3, -0.25) is 0 Å². The van der Waals surface area contributed by atoms with Crippen LogP contribution in [-0.4, -0.2) is 42.0 Å². The van der Waals surface area contributed by atoms with Gasteiger partial charge in [0.15, 0.2) is 5.82 Å². The van der Waals surface area contributed by atoms with Crippen LogP contribution in [0.4, 0.5) is 5.82 Å². The highest BCUT2D eigenvalue weighted by atomic mass is 16.5. The summed E-state index contributed by atoms with van der Waals surface area (Å²) in [5, 5.41) is 12.2. The van der Waals surface area contributed by atoms with E-state index >= 15 is 0 Å². The van der Waals surface area contributed by atoms with E-state index in [1.807, 2.05) is 0 Å². The molecule has 5 heteroatoms. The van der Waals surface area contributed by atoms with Crippen LogP contribution in [0.2, 0.25) is 0 Å². The van der Waals surface area contributed by atoms with E-state index < -0.39 is 0 Å². The van der Waals surface area contributed by atoms with E-state index in [4.69, 9.17) is 4.74 Å². The van der Waals surface area contributed by atoms with Gasteiger partial charge in [-0.05, 0) is 44.7 Å². The third-order valence-corrected chi connectivity index (χ3v) is 4.01. The van der Waals surface area contributed by atoms with Gasteiger partial charge in [-0.2, -0.15) is 5.10 Å². The number of ether oxygens (including phenoxy) is 1. The van der Waals surface area contributed by atoms with Crippen LogP contribution in [0.1, 0.15) is 38.3 Å². The Morgan fingerprint density at radius 3 is 2.80 bits per heavy atom. The molecule has 0 radical (unpaired) electrons. The minimum absolute atomic E-state index is 0.355. The number of anilines is 1. The SMILES string of the molecule is CCN(CC1CCCO1)c1ccc(CNC2CC2)nn1. The van der Waals surface area contributed by atoms with Crippen molar-refractivity contribution >= 4 is 5.82 Å². The fourth-order valence-electron chi connectivity index (χ4n) is 2.57. The van der Waals surface area contributed by atoms with Crippen LogP contribution < -0.4 is 10.2 Å². The summed E-state index contributed by atoms with van der Waals surface area (Å²) in [5.41, 5.74) is 1.02. The summed E-state index contributed by atoms with van der Waals surface area (Å²) in [6.45, 7) is 5.74. The molecule has 1 saturated carbocycles. The number of rotatable bonds is 7. The van der Waals surface area contributed by atoms with Crippen molar-refractivity contribution in [3.05, 3.63) is 17.8 Å². The molecule has 3 rings (SSSR count). The zero-order chi connectivity index (χ0) is 13.8. The third kappa shape index (κ3) is 3.67. The summed E-state index contributed by atoms with van der Waals surface area (Å²) >= 11 is 0. The van der Waals surface area contributed by atoms with Gasteiger partial charge in [-0.1, -0.05) is 0 Å². The molecule has 1 aromatic rings. The Hall–Kier alpha value is -1.20. The van der Waals surface area contributed by atoms with Gasteiger partial charge < -0.3 is 15.0 Å². The quantitative estimate of drug-likeness (QED) is 0.822. The molecule has 0 amide bonds. The molecule has 20 heavy (non-hydrogen) atoms. The van der Waals surface area contributed by atoms with Crippen LogP contribution in [-0.2, 0) is 11.3 Å². The van der Waals surface area contributed by atoms with E-state index in [0.29, 0.717) is 12.1 Å². The van der Waals surface area contributed by atoms with Crippen molar-refractivity contribution in [2.24, 2.45) is 0 Å². The first-order valence-corrected chi connectivity index (χ1v) is 7.77. The highest BCUT2D eigenvalue weighted by Crippen LogP contribution is 2.19. The molecule has 0 bridgehead atoms. The molecule has 5 nitrogen and oxygen atoms in total. The average molecular weight is 276 g/mol. The fraction of sp³-hybridized carbons (Fsp3) is 0.733. The number of hydrogen-bond acceptors (Lipinski definition) is 5. The molecule has 1 aliphatic heterocycles. The van der Waals surface area contributed by atoms with Gasteiger partial charge in [0.05, 0.1) is 11.8 Å². The summed E-state index contributed by atoms with van der Waals surface area (Å²) in [5.74, 6) is 0.957. The normalized spacial score (nSPS) is 22.1. The molecular weight excluding hydrogens is 252 g/mol. The zero-order valence-corrected chi connectivity index (χ0v) is 12.2. The lowest BCUT2D eigenvalue weighted by Crippen LogP contribution is -2.32. The summed E-state index contributed by atoms with van der Waals surface area (Å²) in [7, 11) is 0. The molecule has 1 saturated heterocycles. The predicted molar refractivity (Wildman–Crippen MR) is 78.8 cm³/mol. The number of likely N-dealkylation sites (N-methyl/N-ethyl adjacent to an activating group) is 1. The zero-order valence-electron chi connectivity index (χ0n) is 12.2. The number of nitrogens with zero attached hydrogens (tertiary/aromatic N) is 3. The largest absolute Gasteiger partial charge is 0.376 e. The number of nitrogens with one attached hydrogen (secondary N) is 1. The second kappa shape index (κ2) is 6.50. The molecule has 1 aliphatic carbocycles. The van der Waals surface area contributed by atoms with Crippen molar-refractivity contribution in [2.45, 2.75) is 51.3 Å². The third-order valence-electron chi connectivity index (χ3n) is 4.01. The summed E-state index contributed by atoms with van der Waals surface area (Å²) in [4.78, 5) is 2.25. The van der Waals surface area contributed by atoms with Crippen LogP contribution in [0.3, 0.4) is 0 Å². The molecule has 0 aromatic carbocycles. The van der Waals surface area contributed by atoms with E-state index in [1.54, 1.807) is 0 Å². The summed E-state index contributed by atoms with van der Waals surface area (Å²) in [6, 6.07) is 4.87. The van der Waals surface area contributed by atoms with Gasteiger partial charge in [0.25, 0.3) is 0 Å². The maximum atomic E-state index is 5.70. The minimum Gasteiger partial charge on any atom is -0.376 e. The van der Waals surface area contributed by atoms with Crippen molar-refractivity contribution in [1.29, 1.82) is 0 Å². The molecule has 1 N–H and O–H groups in total. The van der Waals surface area contributed by atoms with Gasteiger partial charge in [0, 0.05) is 32.3 Å². The van der Waals surface area contributed by atoms with E-state index in [0.717, 1.165) is 44.2 Å². The first-order valence-electron chi connectivity index (χ1n) is 7.77. The van der Waals surface area contributed by atoms with Gasteiger partial charge in [0.1, 0.15) is 0 Å². The second-order valence-electron chi connectivity index (χ2n) is 5.71. The Labute approximate surface area is 120 Å². The minimum atomic E-state index is 0.355. The van der Waals surface area contributed by atoms with Crippen LogP contribution in [0.5, 0.6) is 0 Å². The fourth-order valence-corrected chi connectivity index (χ4v) is 2.57. The highest BCUT2D eigenvalue weighted by molar-refractivity contribution is 5.37. The molecular formula is C15H24N4O. The van der Waals surface area contributed by atoms with Crippen LogP contribution >= 0.6 is 0 Å². The Morgan fingerprint density at radius 1 is 1.30 bits per heavy atom.